The Morgan fingerprint density at radius 1 is 0.714 bits per heavy atom. The zero-order valence-electron chi connectivity index (χ0n) is 22.2. The van der Waals surface area contributed by atoms with Crippen LogP contribution in [0.15, 0.2) is 91.0 Å². The topological polar surface area (TPSA) is 111 Å². The maximum atomic E-state index is 13.3. The molecule has 1 aliphatic carbocycles. The number of ketones is 2. The van der Waals surface area contributed by atoms with Crippen molar-refractivity contribution in [2.75, 3.05) is 13.2 Å². The molecule has 0 spiro atoms. The Morgan fingerprint density at radius 3 is 2.17 bits per heavy atom. The standard InChI is InChI=1S/C34H22N2O6/c37-30-22-14-12-21(18-25(22)31(38)29(30)27-15-13-19-6-1-2-11-26(19)35-27)34(41)42-17-5-16-36-32(39)23-9-3-7-20-8-4-10-24(28(20)23)33(36)40/h1-4,6-15,18,29H,5,16-17H2. The van der Waals surface area contributed by atoms with E-state index in [0.717, 1.165) is 10.8 Å². The first-order chi connectivity index (χ1) is 20.4. The molecule has 1 atom stereocenters. The minimum atomic E-state index is -1.06. The average molecular weight is 555 g/mol. The van der Waals surface area contributed by atoms with Crippen LogP contribution in [-0.2, 0) is 4.74 Å². The van der Waals surface area contributed by atoms with Crippen molar-refractivity contribution in [3.63, 3.8) is 0 Å². The number of imide groups is 1. The van der Waals surface area contributed by atoms with E-state index in [1.54, 1.807) is 30.3 Å². The van der Waals surface area contributed by atoms with Gasteiger partial charge in [-0.3, -0.25) is 29.1 Å². The third-order valence-corrected chi connectivity index (χ3v) is 7.84. The summed E-state index contributed by atoms with van der Waals surface area (Å²) in [5.41, 5.74) is 2.52. The SMILES string of the molecule is O=C(OCCCN1C(=O)c2cccc3cccc(c23)C1=O)c1ccc2c(c1)C(=O)C(c1ccc3ccccc3n1)C2=O. The molecule has 2 aliphatic rings. The number of hydrogen-bond acceptors (Lipinski definition) is 7. The molecule has 5 aromatic rings. The zero-order chi connectivity index (χ0) is 29.0. The number of carbonyl (C=O) groups is 5. The van der Waals surface area contributed by atoms with Gasteiger partial charge in [-0.05, 0) is 54.3 Å². The van der Waals surface area contributed by atoms with Crippen LogP contribution in [0.3, 0.4) is 0 Å². The molecule has 2 amide bonds. The lowest BCUT2D eigenvalue weighted by Crippen LogP contribution is -2.41. The van der Waals surface area contributed by atoms with Crippen molar-refractivity contribution >= 4 is 51.0 Å². The van der Waals surface area contributed by atoms with Crippen LogP contribution in [0.1, 0.15) is 69.8 Å². The maximum absolute atomic E-state index is 13.3. The average Bonchev–Trinajstić information content (AvgIpc) is 3.27. The Morgan fingerprint density at radius 2 is 1.40 bits per heavy atom. The second kappa shape index (κ2) is 9.85. The molecule has 8 heteroatoms. The van der Waals surface area contributed by atoms with Crippen molar-refractivity contribution in [2.45, 2.75) is 12.3 Å². The van der Waals surface area contributed by atoms with Crippen molar-refractivity contribution in [3.05, 3.63) is 125 Å². The maximum Gasteiger partial charge on any atom is 0.338 e. The lowest BCUT2D eigenvalue weighted by molar-refractivity contribution is 0.0476. The number of carbonyl (C=O) groups excluding carboxylic acids is 5. The highest BCUT2D eigenvalue weighted by molar-refractivity contribution is 6.30. The smallest absolute Gasteiger partial charge is 0.338 e. The molecule has 1 aromatic heterocycles. The minimum Gasteiger partial charge on any atom is -0.462 e. The van der Waals surface area contributed by atoms with Gasteiger partial charge in [0.1, 0.15) is 5.92 Å². The molecule has 0 fully saturated rings. The number of ether oxygens (including phenoxy) is 1. The van der Waals surface area contributed by atoms with Crippen LogP contribution in [0.25, 0.3) is 21.7 Å². The number of amides is 2. The summed E-state index contributed by atoms with van der Waals surface area (Å²) in [6, 6.07) is 26.0. The lowest BCUT2D eigenvalue weighted by Gasteiger charge is -2.27. The first-order valence-electron chi connectivity index (χ1n) is 13.6. The van der Waals surface area contributed by atoms with Gasteiger partial charge in [-0.15, -0.1) is 0 Å². The molecule has 4 aromatic carbocycles. The highest BCUT2D eigenvalue weighted by atomic mass is 16.5. The number of pyridine rings is 1. The third kappa shape index (κ3) is 3.99. The van der Waals surface area contributed by atoms with E-state index < -0.39 is 17.7 Å². The van der Waals surface area contributed by atoms with Crippen molar-refractivity contribution in [1.82, 2.24) is 9.88 Å². The first-order valence-corrected chi connectivity index (χ1v) is 13.6. The molecule has 0 saturated carbocycles. The highest BCUT2D eigenvalue weighted by Gasteiger charge is 2.41. The number of fused-ring (bicyclic) bond motifs is 2. The van der Waals surface area contributed by atoms with Crippen molar-refractivity contribution in [1.29, 1.82) is 0 Å². The van der Waals surface area contributed by atoms with Gasteiger partial charge < -0.3 is 4.74 Å². The molecule has 1 aliphatic heterocycles. The van der Waals surface area contributed by atoms with Gasteiger partial charge in [-0.1, -0.05) is 48.5 Å². The summed E-state index contributed by atoms with van der Waals surface area (Å²) < 4.78 is 5.40. The Labute approximate surface area is 239 Å². The number of aromatic nitrogens is 1. The van der Waals surface area contributed by atoms with Crippen LogP contribution in [0.2, 0.25) is 0 Å². The fraction of sp³-hybridized carbons (Fsp3) is 0.118. The summed E-state index contributed by atoms with van der Waals surface area (Å²) >= 11 is 0. The fourth-order valence-corrected chi connectivity index (χ4v) is 5.79. The summed E-state index contributed by atoms with van der Waals surface area (Å²) in [5, 5.41) is 2.38. The van der Waals surface area contributed by atoms with Gasteiger partial charge >= 0.3 is 5.97 Å². The second-order valence-corrected chi connectivity index (χ2v) is 10.3. The Hall–Kier alpha value is -5.50. The number of hydrogen-bond donors (Lipinski definition) is 0. The Bertz CT molecular complexity index is 1960. The monoisotopic (exact) mass is 554 g/mol. The van der Waals surface area contributed by atoms with Gasteiger partial charge in [0.2, 0.25) is 0 Å². The number of esters is 1. The van der Waals surface area contributed by atoms with Crippen LogP contribution in [-0.4, -0.2) is 52.4 Å². The van der Waals surface area contributed by atoms with Gasteiger partial charge in [0.15, 0.2) is 11.6 Å². The molecule has 0 saturated heterocycles. The number of para-hydroxylation sites is 1. The molecule has 0 bridgehead atoms. The van der Waals surface area contributed by atoms with Crippen molar-refractivity contribution in [2.24, 2.45) is 0 Å². The molecule has 8 nitrogen and oxygen atoms in total. The van der Waals surface area contributed by atoms with E-state index in [0.29, 0.717) is 27.7 Å². The zero-order valence-corrected chi connectivity index (χ0v) is 22.2. The number of nitrogens with zero attached hydrogens (tertiary/aromatic N) is 2. The molecule has 2 heterocycles. The minimum absolute atomic E-state index is 0.0463. The van der Waals surface area contributed by atoms with E-state index in [9.17, 15) is 24.0 Å². The summed E-state index contributed by atoms with van der Waals surface area (Å²) in [4.78, 5) is 71.1. The predicted octanol–water partition coefficient (Wildman–Crippen LogP) is 5.39. The van der Waals surface area contributed by atoms with Crippen LogP contribution in [0.5, 0.6) is 0 Å². The van der Waals surface area contributed by atoms with Crippen LogP contribution < -0.4 is 0 Å². The molecular weight excluding hydrogens is 532 g/mol. The molecule has 42 heavy (non-hydrogen) atoms. The predicted molar refractivity (Wildman–Crippen MR) is 154 cm³/mol. The summed E-state index contributed by atoms with van der Waals surface area (Å²) in [5.74, 6) is -3.26. The van der Waals surface area contributed by atoms with Crippen LogP contribution >= 0.6 is 0 Å². The second-order valence-electron chi connectivity index (χ2n) is 10.3. The molecule has 0 N–H and O–H groups in total. The lowest BCUT2D eigenvalue weighted by atomic mass is 9.94. The molecule has 1 unspecified atom stereocenters. The van der Waals surface area contributed by atoms with E-state index in [-0.39, 0.29) is 53.9 Å². The van der Waals surface area contributed by atoms with Crippen LogP contribution in [0.4, 0.5) is 0 Å². The van der Waals surface area contributed by atoms with Crippen molar-refractivity contribution < 1.29 is 28.7 Å². The highest BCUT2D eigenvalue weighted by Crippen LogP contribution is 2.35. The van der Waals surface area contributed by atoms with E-state index in [1.165, 1.54) is 23.1 Å². The largest absolute Gasteiger partial charge is 0.462 e. The number of rotatable bonds is 6. The molecule has 204 valence electrons. The molecule has 0 radical (unpaired) electrons. The number of Topliss-reactive ketones (excluding diaryl/α,β-unsaturated/α-hetero) is 2. The summed E-state index contributed by atoms with van der Waals surface area (Å²) in [6.07, 6.45) is 0.236. The van der Waals surface area contributed by atoms with Crippen LogP contribution in [0, 0.1) is 0 Å². The first kappa shape index (κ1) is 25.5. The van der Waals surface area contributed by atoms with E-state index in [1.807, 2.05) is 42.5 Å². The van der Waals surface area contributed by atoms with E-state index >= 15 is 0 Å². The molecule has 7 rings (SSSR count). The summed E-state index contributed by atoms with van der Waals surface area (Å²) in [7, 11) is 0. The Kier molecular flexibility index (Phi) is 5.97. The normalized spacial score (nSPS) is 15.9. The van der Waals surface area contributed by atoms with E-state index in [2.05, 4.69) is 4.98 Å². The van der Waals surface area contributed by atoms with Gasteiger partial charge in [0.25, 0.3) is 11.8 Å². The van der Waals surface area contributed by atoms with Gasteiger partial charge in [0.05, 0.1) is 23.4 Å². The Balaban J connectivity index is 1.02. The van der Waals surface area contributed by atoms with E-state index in [4.69, 9.17) is 4.74 Å². The number of benzene rings is 4. The quantitative estimate of drug-likeness (QED) is 0.120. The van der Waals surface area contributed by atoms with Gasteiger partial charge in [0, 0.05) is 39.6 Å². The van der Waals surface area contributed by atoms with Gasteiger partial charge in [-0.25, -0.2) is 4.79 Å². The van der Waals surface area contributed by atoms with Crippen molar-refractivity contribution in [3.8, 4) is 0 Å². The summed E-state index contributed by atoms with van der Waals surface area (Å²) in [6.45, 7) is 0.0304. The third-order valence-electron chi connectivity index (χ3n) is 7.84. The van der Waals surface area contributed by atoms with Gasteiger partial charge in [-0.2, -0.15) is 0 Å². The fourth-order valence-electron chi connectivity index (χ4n) is 5.79. The molecular formula is C34H22N2O6.